The molecule has 0 aliphatic rings. The molecule has 24 heavy (non-hydrogen) atoms. The lowest BCUT2D eigenvalue weighted by Crippen LogP contribution is -2.15. The van der Waals surface area contributed by atoms with E-state index in [1.54, 1.807) is 11.3 Å². The van der Waals surface area contributed by atoms with Gasteiger partial charge in [0.05, 0.1) is 17.0 Å². The lowest BCUT2D eigenvalue weighted by molar-refractivity contribution is -0.115. The van der Waals surface area contributed by atoms with E-state index in [2.05, 4.69) is 22.3 Å². The molecule has 2 aromatic heterocycles. The van der Waals surface area contributed by atoms with Gasteiger partial charge in [0.2, 0.25) is 5.91 Å². The summed E-state index contributed by atoms with van der Waals surface area (Å²) in [6, 6.07) is 11.5. The Hall–Kier alpha value is -2.84. The summed E-state index contributed by atoms with van der Waals surface area (Å²) in [6.45, 7) is 3.64. The number of nitrogens with zero attached hydrogens (tertiary/aromatic N) is 1. The zero-order valence-electron chi connectivity index (χ0n) is 13.4. The first-order chi connectivity index (χ1) is 11.6. The van der Waals surface area contributed by atoms with Gasteiger partial charge in [-0.1, -0.05) is 29.1 Å². The van der Waals surface area contributed by atoms with Crippen molar-refractivity contribution in [3.8, 4) is 11.8 Å². The zero-order valence-corrected chi connectivity index (χ0v) is 14.2. The largest absolute Gasteiger partial charge is 0.361 e. The average Bonchev–Trinajstić information content (AvgIpc) is 3.19. The fraction of sp³-hybridized carbons (Fsp3) is 0.158. The van der Waals surface area contributed by atoms with Crippen molar-refractivity contribution >= 4 is 22.9 Å². The van der Waals surface area contributed by atoms with Gasteiger partial charge >= 0.3 is 0 Å². The van der Waals surface area contributed by atoms with Crippen molar-refractivity contribution in [2.24, 2.45) is 0 Å². The molecule has 0 fully saturated rings. The number of aryl methyl sites for hydroxylation is 2. The maximum Gasteiger partial charge on any atom is 0.228 e. The zero-order chi connectivity index (χ0) is 16.9. The van der Waals surface area contributed by atoms with Crippen LogP contribution in [-0.2, 0) is 11.2 Å². The van der Waals surface area contributed by atoms with E-state index in [1.165, 1.54) is 0 Å². The Morgan fingerprint density at radius 3 is 2.83 bits per heavy atom. The molecule has 1 amide bonds. The number of thiophene rings is 1. The number of hydrogen-bond donors (Lipinski definition) is 1. The third-order valence-electron chi connectivity index (χ3n) is 3.52. The van der Waals surface area contributed by atoms with Gasteiger partial charge in [-0.25, -0.2) is 0 Å². The smallest absolute Gasteiger partial charge is 0.228 e. The number of carbonyl (C=O) groups excluding carboxylic acids is 1. The molecule has 1 aromatic carbocycles. The summed E-state index contributed by atoms with van der Waals surface area (Å²) >= 11 is 1.60. The highest BCUT2D eigenvalue weighted by molar-refractivity contribution is 7.10. The van der Waals surface area contributed by atoms with Gasteiger partial charge in [0.15, 0.2) is 0 Å². The monoisotopic (exact) mass is 336 g/mol. The third kappa shape index (κ3) is 3.92. The molecule has 3 rings (SSSR count). The van der Waals surface area contributed by atoms with Crippen molar-refractivity contribution in [2.45, 2.75) is 20.3 Å². The van der Waals surface area contributed by atoms with E-state index in [0.717, 1.165) is 27.4 Å². The summed E-state index contributed by atoms with van der Waals surface area (Å²) in [6.07, 6.45) is 0.242. The fourth-order valence-corrected chi connectivity index (χ4v) is 2.85. The topological polar surface area (TPSA) is 55.1 Å². The van der Waals surface area contributed by atoms with E-state index in [1.807, 2.05) is 55.6 Å². The number of benzene rings is 1. The van der Waals surface area contributed by atoms with Crippen LogP contribution in [0.25, 0.3) is 0 Å². The number of rotatable bonds is 3. The minimum absolute atomic E-state index is 0.104. The van der Waals surface area contributed by atoms with Crippen LogP contribution in [0.1, 0.15) is 27.5 Å². The van der Waals surface area contributed by atoms with Gasteiger partial charge in [-0.05, 0) is 43.5 Å². The van der Waals surface area contributed by atoms with Crippen LogP contribution in [0.2, 0.25) is 0 Å². The van der Waals surface area contributed by atoms with Gasteiger partial charge in [-0.2, -0.15) is 0 Å². The van der Waals surface area contributed by atoms with Crippen LogP contribution in [0, 0.1) is 25.7 Å². The molecule has 0 bridgehead atoms. The standard InChI is InChI=1S/C19H16N2O2S/c1-13-18(14(2)23-21-13)12-19(22)20-16-6-3-5-15(11-16)8-9-17-7-4-10-24-17/h3-7,10-11H,12H2,1-2H3,(H,20,22). The molecule has 0 saturated carbocycles. The molecule has 0 spiro atoms. The summed E-state index contributed by atoms with van der Waals surface area (Å²) in [7, 11) is 0. The van der Waals surface area contributed by atoms with Crippen LogP contribution < -0.4 is 5.32 Å². The number of nitrogens with one attached hydrogen (secondary N) is 1. The highest BCUT2D eigenvalue weighted by Gasteiger charge is 2.13. The maximum atomic E-state index is 12.2. The number of carbonyl (C=O) groups is 1. The molecule has 0 saturated heterocycles. The average molecular weight is 336 g/mol. The molecule has 4 nitrogen and oxygen atoms in total. The minimum Gasteiger partial charge on any atom is -0.361 e. The second kappa shape index (κ2) is 7.16. The van der Waals surface area contributed by atoms with E-state index >= 15 is 0 Å². The van der Waals surface area contributed by atoms with E-state index in [4.69, 9.17) is 4.52 Å². The second-order valence-corrected chi connectivity index (χ2v) is 6.28. The molecular formula is C19H16N2O2S. The van der Waals surface area contributed by atoms with E-state index in [9.17, 15) is 4.79 Å². The Labute approximate surface area is 144 Å². The molecule has 0 unspecified atom stereocenters. The molecule has 0 atom stereocenters. The Bertz CT molecular complexity index is 895. The van der Waals surface area contributed by atoms with Crippen LogP contribution in [-0.4, -0.2) is 11.1 Å². The summed E-state index contributed by atoms with van der Waals surface area (Å²) in [5, 5.41) is 8.76. The Morgan fingerprint density at radius 1 is 1.25 bits per heavy atom. The highest BCUT2D eigenvalue weighted by atomic mass is 32.1. The van der Waals surface area contributed by atoms with Crippen molar-refractivity contribution in [1.29, 1.82) is 0 Å². The lowest BCUT2D eigenvalue weighted by Gasteiger charge is -2.05. The number of aromatic nitrogens is 1. The van der Waals surface area contributed by atoms with Crippen molar-refractivity contribution in [2.75, 3.05) is 5.32 Å². The van der Waals surface area contributed by atoms with Gasteiger partial charge in [0, 0.05) is 16.8 Å². The quantitative estimate of drug-likeness (QED) is 0.737. The first kappa shape index (κ1) is 16.0. The number of amides is 1. The summed E-state index contributed by atoms with van der Waals surface area (Å²) < 4.78 is 5.09. The van der Waals surface area contributed by atoms with Crippen molar-refractivity contribution in [3.05, 3.63) is 69.2 Å². The molecule has 3 aromatic rings. The van der Waals surface area contributed by atoms with E-state index < -0.39 is 0 Å². The third-order valence-corrected chi connectivity index (χ3v) is 4.30. The number of anilines is 1. The normalized spacial score (nSPS) is 10.1. The van der Waals surface area contributed by atoms with Crippen molar-refractivity contribution in [1.82, 2.24) is 5.16 Å². The lowest BCUT2D eigenvalue weighted by atomic mass is 10.1. The van der Waals surface area contributed by atoms with Gasteiger partial charge in [-0.3, -0.25) is 4.79 Å². The minimum atomic E-state index is -0.104. The van der Waals surface area contributed by atoms with Crippen molar-refractivity contribution in [3.63, 3.8) is 0 Å². The summed E-state index contributed by atoms with van der Waals surface area (Å²) in [4.78, 5) is 13.2. The molecule has 2 heterocycles. The van der Waals surface area contributed by atoms with E-state index in [-0.39, 0.29) is 12.3 Å². The van der Waals surface area contributed by atoms with Gasteiger partial charge in [-0.15, -0.1) is 11.3 Å². The van der Waals surface area contributed by atoms with Crippen LogP contribution in [0.3, 0.4) is 0 Å². The summed E-state index contributed by atoms with van der Waals surface area (Å²) in [5.74, 6) is 6.79. The molecule has 1 N–H and O–H groups in total. The predicted molar refractivity (Wildman–Crippen MR) is 95.1 cm³/mol. The van der Waals surface area contributed by atoms with Crippen LogP contribution in [0.15, 0.2) is 46.3 Å². The molecular weight excluding hydrogens is 320 g/mol. The van der Waals surface area contributed by atoms with Crippen LogP contribution in [0.5, 0.6) is 0 Å². The SMILES string of the molecule is Cc1noc(C)c1CC(=O)Nc1cccc(C#Cc2cccs2)c1. The maximum absolute atomic E-state index is 12.2. The predicted octanol–water partition coefficient (Wildman–Crippen LogP) is 3.93. The molecule has 0 aliphatic carbocycles. The van der Waals surface area contributed by atoms with Crippen LogP contribution >= 0.6 is 11.3 Å². The molecule has 120 valence electrons. The first-order valence-corrected chi connectivity index (χ1v) is 8.37. The molecule has 5 heteroatoms. The highest BCUT2D eigenvalue weighted by Crippen LogP contribution is 2.15. The van der Waals surface area contributed by atoms with Gasteiger partial charge < -0.3 is 9.84 Å². The molecule has 0 radical (unpaired) electrons. The molecule has 0 aliphatic heterocycles. The van der Waals surface area contributed by atoms with Gasteiger partial charge in [0.25, 0.3) is 0 Å². The van der Waals surface area contributed by atoms with Gasteiger partial charge in [0.1, 0.15) is 5.76 Å². The summed E-state index contributed by atoms with van der Waals surface area (Å²) in [5.41, 5.74) is 3.17. The Kier molecular flexibility index (Phi) is 4.78. The first-order valence-electron chi connectivity index (χ1n) is 7.49. The fourth-order valence-electron chi connectivity index (χ4n) is 2.28. The Balaban J connectivity index is 1.69. The van der Waals surface area contributed by atoms with Crippen molar-refractivity contribution < 1.29 is 9.32 Å². The number of hydrogen-bond acceptors (Lipinski definition) is 4. The van der Waals surface area contributed by atoms with Crippen LogP contribution in [0.4, 0.5) is 5.69 Å². The second-order valence-electron chi connectivity index (χ2n) is 5.34. The van der Waals surface area contributed by atoms with E-state index in [0.29, 0.717) is 5.76 Å². The Morgan fingerprint density at radius 2 is 2.12 bits per heavy atom.